The van der Waals surface area contributed by atoms with Crippen LogP contribution in [0.1, 0.15) is 43.7 Å². The first-order valence-corrected chi connectivity index (χ1v) is 11.9. The minimum atomic E-state index is -3.73. The van der Waals surface area contributed by atoms with Crippen molar-refractivity contribution >= 4 is 9.84 Å². The van der Waals surface area contributed by atoms with Crippen LogP contribution in [0.25, 0.3) is 11.1 Å². The number of pyridine rings is 1. The van der Waals surface area contributed by atoms with Crippen LogP contribution >= 0.6 is 0 Å². The molecule has 156 valence electrons. The fourth-order valence-electron chi connectivity index (χ4n) is 3.96. The SMILES string of the molecule is CCS(=O)(=O)c1cc(-c2cn(C)c(=O)c3c2CCCC3)c(OCC2CC2)cc1F. The Morgan fingerprint density at radius 2 is 1.83 bits per heavy atom. The van der Waals surface area contributed by atoms with Crippen molar-refractivity contribution < 1.29 is 17.5 Å². The van der Waals surface area contributed by atoms with Gasteiger partial charge >= 0.3 is 0 Å². The lowest BCUT2D eigenvalue weighted by Gasteiger charge is -2.22. The van der Waals surface area contributed by atoms with Gasteiger partial charge < -0.3 is 9.30 Å². The van der Waals surface area contributed by atoms with Crippen molar-refractivity contribution in [2.45, 2.75) is 50.3 Å². The van der Waals surface area contributed by atoms with Crippen molar-refractivity contribution in [2.75, 3.05) is 12.4 Å². The molecule has 4 rings (SSSR count). The van der Waals surface area contributed by atoms with Gasteiger partial charge in [0, 0.05) is 36.0 Å². The number of rotatable bonds is 6. The zero-order chi connectivity index (χ0) is 20.8. The third kappa shape index (κ3) is 3.84. The molecule has 0 atom stereocenters. The van der Waals surface area contributed by atoms with Crippen molar-refractivity contribution in [3.05, 3.63) is 45.6 Å². The number of sulfone groups is 1. The summed E-state index contributed by atoms with van der Waals surface area (Å²) in [6.07, 6.45) is 7.28. The number of ether oxygens (including phenoxy) is 1. The monoisotopic (exact) mass is 419 g/mol. The van der Waals surface area contributed by atoms with Gasteiger partial charge in [0.1, 0.15) is 16.5 Å². The molecule has 5 nitrogen and oxygen atoms in total. The van der Waals surface area contributed by atoms with Gasteiger partial charge in [-0.25, -0.2) is 12.8 Å². The summed E-state index contributed by atoms with van der Waals surface area (Å²) in [5, 5.41) is 0. The third-order valence-corrected chi connectivity index (χ3v) is 7.65. The molecule has 0 spiro atoms. The van der Waals surface area contributed by atoms with E-state index in [2.05, 4.69) is 0 Å². The summed E-state index contributed by atoms with van der Waals surface area (Å²) in [5.41, 5.74) is 3.00. The normalized spacial score (nSPS) is 16.5. The highest BCUT2D eigenvalue weighted by Crippen LogP contribution is 2.39. The second kappa shape index (κ2) is 7.59. The smallest absolute Gasteiger partial charge is 0.253 e. The van der Waals surface area contributed by atoms with E-state index < -0.39 is 15.7 Å². The van der Waals surface area contributed by atoms with Gasteiger partial charge in [0.15, 0.2) is 9.84 Å². The maximum Gasteiger partial charge on any atom is 0.253 e. The van der Waals surface area contributed by atoms with Crippen molar-refractivity contribution in [1.29, 1.82) is 0 Å². The molecule has 2 aliphatic rings. The highest BCUT2D eigenvalue weighted by Gasteiger charge is 2.27. The van der Waals surface area contributed by atoms with E-state index in [9.17, 15) is 17.6 Å². The van der Waals surface area contributed by atoms with E-state index in [1.165, 1.54) is 23.6 Å². The van der Waals surface area contributed by atoms with E-state index in [1.807, 2.05) is 0 Å². The Hall–Kier alpha value is -2.15. The molecular weight excluding hydrogens is 393 g/mol. The van der Waals surface area contributed by atoms with Crippen molar-refractivity contribution in [3.63, 3.8) is 0 Å². The first-order chi connectivity index (χ1) is 13.8. The van der Waals surface area contributed by atoms with Crippen LogP contribution in [0.2, 0.25) is 0 Å². The number of fused-ring (bicyclic) bond motifs is 1. The van der Waals surface area contributed by atoms with E-state index in [4.69, 9.17) is 4.74 Å². The summed E-state index contributed by atoms with van der Waals surface area (Å²) in [4.78, 5) is 12.3. The molecule has 1 aromatic carbocycles. The maximum absolute atomic E-state index is 14.7. The van der Waals surface area contributed by atoms with Gasteiger partial charge in [-0.05, 0) is 56.1 Å². The van der Waals surface area contributed by atoms with E-state index in [0.717, 1.165) is 48.8 Å². The summed E-state index contributed by atoms with van der Waals surface area (Å²) in [5.74, 6) is -0.160. The average molecular weight is 420 g/mol. The van der Waals surface area contributed by atoms with Crippen LogP contribution in [0.4, 0.5) is 4.39 Å². The summed E-state index contributed by atoms with van der Waals surface area (Å²) < 4.78 is 47.1. The predicted octanol–water partition coefficient (Wildman–Crippen LogP) is 3.65. The van der Waals surface area contributed by atoms with Crippen molar-refractivity contribution in [1.82, 2.24) is 4.57 Å². The molecule has 0 N–H and O–H groups in total. The Labute approximate surface area is 170 Å². The fourth-order valence-corrected chi connectivity index (χ4v) is 4.93. The summed E-state index contributed by atoms with van der Waals surface area (Å²) in [6.45, 7) is 1.99. The highest BCUT2D eigenvalue weighted by atomic mass is 32.2. The van der Waals surface area contributed by atoms with Crippen LogP contribution < -0.4 is 10.3 Å². The number of aryl methyl sites for hydroxylation is 1. The molecule has 1 aromatic heterocycles. The molecule has 0 aliphatic heterocycles. The number of halogens is 1. The van der Waals surface area contributed by atoms with Crippen LogP contribution in [0, 0.1) is 11.7 Å². The van der Waals surface area contributed by atoms with Crippen molar-refractivity contribution in [3.8, 4) is 16.9 Å². The van der Waals surface area contributed by atoms with Crippen LogP contribution in [-0.2, 0) is 29.7 Å². The lowest BCUT2D eigenvalue weighted by Crippen LogP contribution is -2.25. The van der Waals surface area contributed by atoms with Gasteiger partial charge in [0.25, 0.3) is 5.56 Å². The maximum atomic E-state index is 14.7. The van der Waals surface area contributed by atoms with Gasteiger partial charge in [-0.15, -0.1) is 0 Å². The molecule has 2 aromatic rings. The van der Waals surface area contributed by atoms with E-state index >= 15 is 0 Å². The number of hydrogen-bond acceptors (Lipinski definition) is 4. The van der Waals surface area contributed by atoms with E-state index in [1.54, 1.807) is 13.2 Å². The van der Waals surface area contributed by atoms with Crippen LogP contribution in [-0.4, -0.2) is 25.3 Å². The van der Waals surface area contributed by atoms with Gasteiger partial charge in [-0.2, -0.15) is 0 Å². The second-order valence-electron chi connectivity index (χ2n) is 8.06. The second-order valence-corrected chi connectivity index (χ2v) is 10.3. The number of aromatic nitrogens is 1. The summed E-state index contributed by atoms with van der Waals surface area (Å²) in [6, 6.07) is 2.59. The average Bonchev–Trinajstić information content (AvgIpc) is 3.54. The van der Waals surface area contributed by atoms with Gasteiger partial charge in [-0.1, -0.05) is 6.92 Å². The van der Waals surface area contributed by atoms with Crippen LogP contribution in [0.3, 0.4) is 0 Å². The molecule has 1 fully saturated rings. The number of benzene rings is 1. The minimum absolute atomic E-state index is 0.0209. The topological polar surface area (TPSA) is 65.4 Å². The molecule has 1 heterocycles. The molecule has 0 amide bonds. The largest absolute Gasteiger partial charge is 0.493 e. The molecule has 29 heavy (non-hydrogen) atoms. The molecular formula is C22H26FNO4S. The molecule has 7 heteroatoms. The zero-order valence-electron chi connectivity index (χ0n) is 16.8. The Morgan fingerprint density at radius 3 is 2.48 bits per heavy atom. The van der Waals surface area contributed by atoms with Gasteiger partial charge in [-0.3, -0.25) is 4.79 Å². The van der Waals surface area contributed by atoms with Gasteiger partial charge in [0.2, 0.25) is 0 Å². The standard InChI is InChI=1S/C22H26FNO4S/c1-3-29(26,27)21-10-17(20(11-19(21)23)28-13-14-8-9-14)18-12-24(2)22(25)16-7-5-4-6-15(16)18/h10-12,14H,3-9,13H2,1-2H3. The van der Waals surface area contributed by atoms with Gasteiger partial charge in [0.05, 0.1) is 12.4 Å². The minimum Gasteiger partial charge on any atom is -0.493 e. The Bertz CT molecular complexity index is 1120. The lowest BCUT2D eigenvalue weighted by atomic mass is 9.87. The van der Waals surface area contributed by atoms with Crippen molar-refractivity contribution in [2.24, 2.45) is 13.0 Å². The first kappa shape index (κ1) is 20.1. The quantitative estimate of drug-likeness (QED) is 0.717. The molecule has 0 unspecified atom stereocenters. The molecule has 0 bridgehead atoms. The highest BCUT2D eigenvalue weighted by molar-refractivity contribution is 7.91. The third-order valence-electron chi connectivity index (χ3n) is 5.91. The fraction of sp³-hybridized carbons (Fsp3) is 0.500. The Kier molecular flexibility index (Phi) is 5.27. The Morgan fingerprint density at radius 1 is 1.14 bits per heavy atom. The molecule has 1 saturated carbocycles. The first-order valence-electron chi connectivity index (χ1n) is 10.2. The summed E-state index contributed by atoms with van der Waals surface area (Å²) >= 11 is 0. The summed E-state index contributed by atoms with van der Waals surface area (Å²) in [7, 11) is -2.04. The lowest BCUT2D eigenvalue weighted by molar-refractivity contribution is 0.299. The number of hydrogen-bond donors (Lipinski definition) is 0. The molecule has 0 saturated heterocycles. The molecule has 2 aliphatic carbocycles. The van der Waals surface area contributed by atoms with Crippen LogP contribution in [0.5, 0.6) is 5.75 Å². The number of nitrogens with zero attached hydrogens (tertiary/aromatic N) is 1. The molecule has 0 radical (unpaired) electrons. The van der Waals surface area contributed by atoms with Crippen LogP contribution in [0.15, 0.2) is 28.0 Å². The zero-order valence-corrected chi connectivity index (χ0v) is 17.6. The Balaban J connectivity index is 1.94. The van der Waals surface area contributed by atoms with E-state index in [0.29, 0.717) is 30.3 Å². The van der Waals surface area contributed by atoms with E-state index in [-0.39, 0.29) is 16.2 Å². The predicted molar refractivity (Wildman–Crippen MR) is 110 cm³/mol.